The number of nitrogens with one attached hydrogen (secondary N) is 1. The van der Waals surface area contributed by atoms with Gasteiger partial charge in [-0.1, -0.05) is 12.1 Å². The maximum absolute atomic E-state index is 12.8. The molecule has 0 aromatic heterocycles. The van der Waals surface area contributed by atoms with Crippen LogP contribution in [-0.2, 0) is 4.74 Å². The normalized spacial score (nSPS) is 22.4. The zero-order chi connectivity index (χ0) is 12.1. The largest absolute Gasteiger partial charge is 0.377 e. The molecule has 1 heterocycles. The summed E-state index contributed by atoms with van der Waals surface area (Å²) in [6.07, 6.45) is 3.93. The zero-order valence-electron chi connectivity index (χ0n) is 10.3. The van der Waals surface area contributed by atoms with Crippen LogP contribution in [0.1, 0.15) is 37.8 Å². The number of benzene rings is 1. The molecular weight excluding hydrogens is 217 g/mol. The zero-order valence-corrected chi connectivity index (χ0v) is 10.3. The third-order valence-electron chi connectivity index (χ3n) is 3.30. The highest BCUT2D eigenvalue weighted by molar-refractivity contribution is 5.19. The Bertz CT molecular complexity index is 333. The lowest BCUT2D eigenvalue weighted by Gasteiger charge is -2.24. The minimum atomic E-state index is -0.184. The molecule has 0 bridgehead atoms. The minimum absolute atomic E-state index is 0.184. The molecule has 0 saturated carbocycles. The molecule has 0 aliphatic carbocycles. The summed E-state index contributed by atoms with van der Waals surface area (Å²) in [7, 11) is 0. The second-order valence-electron chi connectivity index (χ2n) is 4.67. The Morgan fingerprint density at radius 1 is 1.35 bits per heavy atom. The van der Waals surface area contributed by atoms with Crippen LogP contribution >= 0.6 is 0 Å². The molecular formula is C14H20FNO. The van der Waals surface area contributed by atoms with Crippen molar-refractivity contribution in [1.82, 2.24) is 5.32 Å². The van der Waals surface area contributed by atoms with Crippen molar-refractivity contribution in [3.63, 3.8) is 0 Å². The molecule has 1 saturated heterocycles. The summed E-state index contributed by atoms with van der Waals surface area (Å²) in [6, 6.07) is 6.90. The molecule has 0 radical (unpaired) electrons. The van der Waals surface area contributed by atoms with E-state index in [-0.39, 0.29) is 11.9 Å². The Morgan fingerprint density at radius 3 is 2.76 bits per heavy atom. The lowest BCUT2D eigenvalue weighted by atomic mass is 10.1. The number of hydrogen-bond acceptors (Lipinski definition) is 2. The number of hydrogen-bond donors (Lipinski definition) is 1. The number of rotatable bonds is 4. The van der Waals surface area contributed by atoms with Gasteiger partial charge in [-0.25, -0.2) is 4.39 Å². The van der Waals surface area contributed by atoms with Crippen LogP contribution in [0.3, 0.4) is 0 Å². The third-order valence-corrected chi connectivity index (χ3v) is 3.30. The quantitative estimate of drug-likeness (QED) is 0.869. The summed E-state index contributed by atoms with van der Waals surface area (Å²) in [4.78, 5) is 0. The van der Waals surface area contributed by atoms with Crippen LogP contribution in [0.15, 0.2) is 24.3 Å². The Labute approximate surface area is 102 Å². The van der Waals surface area contributed by atoms with Crippen LogP contribution in [0, 0.1) is 5.82 Å². The van der Waals surface area contributed by atoms with E-state index in [1.807, 2.05) is 12.1 Å². The second kappa shape index (κ2) is 6.12. The van der Waals surface area contributed by atoms with E-state index in [0.29, 0.717) is 6.10 Å². The molecule has 1 unspecified atom stereocenters. The number of ether oxygens (including phenoxy) is 1. The minimum Gasteiger partial charge on any atom is -0.377 e. The Hall–Kier alpha value is -0.930. The molecule has 1 aliphatic heterocycles. The average Bonchev–Trinajstić information content (AvgIpc) is 2.38. The van der Waals surface area contributed by atoms with Gasteiger partial charge in [0, 0.05) is 19.2 Å². The third kappa shape index (κ3) is 3.79. The fraction of sp³-hybridized carbons (Fsp3) is 0.571. The lowest BCUT2D eigenvalue weighted by molar-refractivity contribution is 0.0156. The molecule has 94 valence electrons. The first-order valence-electron chi connectivity index (χ1n) is 6.36. The summed E-state index contributed by atoms with van der Waals surface area (Å²) in [6.45, 7) is 3.85. The molecule has 3 heteroatoms. The summed E-state index contributed by atoms with van der Waals surface area (Å²) in [5.74, 6) is -0.184. The van der Waals surface area contributed by atoms with Gasteiger partial charge in [0.15, 0.2) is 0 Å². The fourth-order valence-electron chi connectivity index (χ4n) is 2.15. The van der Waals surface area contributed by atoms with Gasteiger partial charge >= 0.3 is 0 Å². The molecule has 2 nitrogen and oxygen atoms in total. The van der Waals surface area contributed by atoms with Gasteiger partial charge in [0.2, 0.25) is 0 Å². The van der Waals surface area contributed by atoms with E-state index in [1.54, 1.807) is 0 Å². The monoisotopic (exact) mass is 237 g/mol. The van der Waals surface area contributed by atoms with Crippen molar-refractivity contribution in [1.29, 1.82) is 0 Å². The van der Waals surface area contributed by atoms with E-state index in [0.717, 1.165) is 25.1 Å². The topological polar surface area (TPSA) is 21.3 Å². The second-order valence-corrected chi connectivity index (χ2v) is 4.67. The van der Waals surface area contributed by atoms with Gasteiger partial charge in [-0.15, -0.1) is 0 Å². The van der Waals surface area contributed by atoms with E-state index in [2.05, 4.69) is 12.2 Å². The summed E-state index contributed by atoms with van der Waals surface area (Å²) in [5.41, 5.74) is 1.11. The van der Waals surface area contributed by atoms with Crippen molar-refractivity contribution in [2.45, 2.75) is 38.3 Å². The summed E-state index contributed by atoms with van der Waals surface area (Å²) in [5, 5.41) is 3.44. The molecule has 1 aliphatic rings. The van der Waals surface area contributed by atoms with Gasteiger partial charge in [-0.2, -0.15) is 0 Å². The van der Waals surface area contributed by atoms with Gasteiger partial charge in [-0.05, 0) is 43.9 Å². The molecule has 1 N–H and O–H groups in total. The van der Waals surface area contributed by atoms with Crippen molar-refractivity contribution in [3.05, 3.63) is 35.6 Å². The smallest absolute Gasteiger partial charge is 0.123 e. The highest BCUT2D eigenvalue weighted by Crippen LogP contribution is 2.15. The highest BCUT2D eigenvalue weighted by Gasteiger charge is 2.14. The van der Waals surface area contributed by atoms with Crippen molar-refractivity contribution in [3.8, 4) is 0 Å². The van der Waals surface area contributed by atoms with Crippen molar-refractivity contribution < 1.29 is 9.13 Å². The van der Waals surface area contributed by atoms with Gasteiger partial charge in [-0.3, -0.25) is 0 Å². The van der Waals surface area contributed by atoms with E-state index < -0.39 is 0 Å². The van der Waals surface area contributed by atoms with Gasteiger partial charge in [0.1, 0.15) is 5.82 Å². The number of halogens is 1. The molecule has 2 rings (SSSR count). The van der Waals surface area contributed by atoms with Crippen LogP contribution in [0.4, 0.5) is 4.39 Å². The Balaban J connectivity index is 1.80. The van der Waals surface area contributed by atoms with Crippen LogP contribution < -0.4 is 5.32 Å². The summed E-state index contributed by atoms with van der Waals surface area (Å²) >= 11 is 0. The van der Waals surface area contributed by atoms with E-state index in [4.69, 9.17) is 4.74 Å². The van der Waals surface area contributed by atoms with E-state index in [9.17, 15) is 4.39 Å². The highest BCUT2D eigenvalue weighted by atomic mass is 19.1. The van der Waals surface area contributed by atoms with Crippen LogP contribution in [-0.4, -0.2) is 19.3 Å². The first-order chi connectivity index (χ1) is 8.25. The SMILES string of the molecule is C[C@@H](NCC1CCCCO1)c1ccc(F)cc1. The molecule has 1 fully saturated rings. The van der Waals surface area contributed by atoms with Crippen LogP contribution in [0.5, 0.6) is 0 Å². The predicted octanol–water partition coefficient (Wildman–Crippen LogP) is 3.05. The molecule has 1 aromatic carbocycles. The molecule has 2 atom stereocenters. The van der Waals surface area contributed by atoms with Crippen LogP contribution in [0.2, 0.25) is 0 Å². The maximum Gasteiger partial charge on any atom is 0.123 e. The van der Waals surface area contributed by atoms with Crippen molar-refractivity contribution >= 4 is 0 Å². The Kier molecular flexibility index (Phi) is 4.51. The van der Waals surface area contributed by atoms with E-state index >= 15 is 0 Å². The lowest BCUT2D eigenvalue weighted by Crippen LogP contribution is -2.33. The van der Waals surface area contributed by atoms with Crippen molar-refractivity contribution in [2.75, 3.05) is 13.2 Å². The maximum atomic E-state index is 12.8. The van der Waals surface area contributed by atoms with E-state index in [1.165, 1.54) is 25.0 Å². The molecule has 0 amide bonds. The standard InChI is InChI=1S/C14H20FNO/c1-11(12-5-7-13(15)8-6-12)16-10-14-4-2-3-9-17-14/h5-8,11,14,16H,2-4,9-10H2,1H3/t11-,14?/m1/s1. The predicted molar refractivity (Wildman–Crippen MR) is 66.4 cm³/mol. The van der Waals surface area contributed by atoms with Gasteiger partial charge < -0.3 is 10.1 Å². The van der Waals surface area contributed by atoms with Crippen molar-refractivity contribution in [2.24, 2.45) is 0 Å². The average molecular weight is 237 g/mol. The first kappa shape index (κ1) is 12.5. The molecule has 17 heavy (non-hydrogen) atoms. The van der Waals surface area contributed by atoms with Crippen LogP contribution in [0.25, 0.3) is 0 Å². The summed E-state index contributed by atoms with van der Waals surface area (Å²) < 4.78 is 18.4. The Morgan fingerprint density at radius 2 is 2.12 bits per heavy atom. The fourth-order valence-corrected chi connectivity index (χ4v) is 2.15. The van der Waals surface area contributed by atoms with Gasteiger partial charge in [0.05, 0.1) is 6.10 Å². The van der Waals surface area contributed by atoms with Gasteiger partial charge in [0.25, 0.3) is 0 Å². The molecule has 0 spiro atoms. The molecule has 1 aromatic rings. The first-order valence-corrected chi connectivity index (χ1v) is 6.36.